The minimum atomic E-state index is -1.18. The van der Waals surface area contributed by atoms with E-state index in [1.165, 1.54) is 0 Å². The molecule has 0 saturated carbocycles. The van der Waals surface area contributed by atoms with E-state index < -0.39 is 37.0 Å². The van der Waals surface area contributed by atoms with Crippen molar-refractivity contribution in [1.82, 2.24) is 0 Å². The van der Waals surface area contributed by atoms with E-state index in [9.17, 15) is 10.2 Å². The molecule has 2 saturated heterocycles. The molecule has 22 heavy (non-hydrogen) atoms. The number of hydrogen-bond donors (Lipinski definition) is 2. The third-order valence-corrected chi connectivity index (χ3v) is 3.78. The molecule has 2 aliphatic heterocycles. The van der Waals surface area contributed by atoms with E-state index in [4.69, 9.17) is 18.9 Å². The van der Waals surface area contributed by atoms with Gasteiger partial charge in [-0.1, -0.05) is 36.4 Å². The van der Waals surface area contributed by atoms with Gasteiger partial charge in [-0.05, 0) is 0 Å². The minimum absolute atomic E-state index is 0.222. The Bertz CT molecular complexity index is 491. The minimum Gasteiger partial charge on any atom is -0.387 e. The van der Waals surface area contributed by atoms with E-state index in [1.807, 2.05) is 30.3 Å². The highest BCUT2D eigenvalue weighted by molar-refractivity contribution is 5.16. The van der Waals surface area contributed by atoms with E-state index in [2.05, 4.69) is 6.58 Å². The number of fused-ring (bicyclic) bond motifs is 1. The van der Waals surface area contributed by atoms with Gasteiger partial charge in [0.2, 0.25) is 0 Å². The Hall–Kier alpha value is -1.28. The first-order chi connectivity index (χ1) is 10.7. The molecule has 0 aromatic heterocycles. The van der Waals surface area contributed by atoms with Crippen molar-refractivity contribution >= 4 is 0 Å². The molecule has 3 rings (SSSR count). The van der Waals surface area contributed by atoms with Crippen molar-refractivity contribution in [2.45, 2.75) is 37.0 Å². The van der Waals surface area contributed by atoms with Crippen LogP contribution in [0.25, 0.3) is 0 Å². The van der Waals surface area contributed by atoms with E-state index in [0.29, 0.717) is 0 Å². The number of aliphatic hydroxyl groups is 2. The molecule has 6 nitrogen and oxygen atoms in total. The van der Waals surface area contributed by atoms with Gasteiger partial charge in [0.1, 0.15) is 24.4 Å². The Morgan fingerprint density at radius 1 is 1.18 bits per heavy atom. The van der Waals surface area contributed by atoms with Crippen LogP contribution < -0.4 is 0 Å². The maximum absolute atomic E-state index is 10.3. The van der Waals surface area contributed by atoms with Gasteiger partial charge >= 0.3 is 0 Å². The molecule has 2 N–H and O–H groups in total. The van der Waals surface area contributed by atoms with E-state index in [1.54, 1.807) is 6.08 Å². The Balaban J connectivity index is 1.69. The zero-order valence-electron chi connectivity index (χ0n) is 12.1. The van der Waals surface area contributed by atoms with Crippen LogP contribution >= 0.6 is 0 Å². The molecule has 1 aromatic rings. The summed E-state index contributed by atoms with van der Waals surface area (Å²) in [7, 11) is 0. The molecule has 0 spiro atoms. The lowest BCUT2D eigenvalue weighted by Gasteiger charge is -2.46. The zero-order valence-corrected chi connectivity index (χ0v) is 12.1. The standard InChI is InChI=1S/C16H20O6/c1-2-8-19-16-13(18)12(17)14-11(21-16)9-20-15(22-14)10-6-4-3-5-7-10/h2-7,11-18H,1,8-9H2/t11-,12-,13-,14-,15-,16-/m1/s1. The molecule has 0 amide bonds. The second-order valence-electron chi connectivity index (χ2n) is 5.32. The summed E-state index contributed by atoms with van der Waals surface area (Å²) >= 11 is 0. The molecule has 2 heterocycles. The fourth-order valence-electron chi connectivity index (χ4n) is 2.66. The summed E-state index contributed by atoms with van der Waals surface area (Å²) in [5, 5.41) is 20.4. The normalized spacial score (nSPS) is 38.3. The number of rotatable bonds is 4. The van der Waals surface area contributed by atoms with Crippen LogP contribution in [-0.4, -0.2) is 54.1 Å². The van der Waals surface area contributed by atoms with Crippen LogP contribution in [0.3, 0.4) is 0 Å². The molecular weight excluding hydrogens is 288 g/mol. The summed E-state index contributed by atoms with van der Waals surface area (Å²) in [4.78, 5) is 0. The summed E-state index contributed by atoms with van der Waals surface area (Å²) < 4.78 is 22.4. The fourth-order valence-corrected chi connectivity index (χ4v) is 2.66. The Labute approximate surface area is 128 Å². The highest BCUT2D eigenvalue weighted by Crippen LogP contribution is 2.34. The van der Waals surface area contributed by atoms with E-state index in [0.717, 1.165) is 5.56 Å². The molecule has 0 bridgehead atoms. The predicted octanol–water partition coefficient (Wildman–Crippen LogP) is 0.750. The SMILES string of the molecule is C=CCO[C@@H]1O[C@@H]2CO[C@@H](c3ccccc3)O[C@H]2[C@H](O)[C@H]1O. The fraction of sp³-hybridized carbons (Fsp3) is 0.500. The maximum atomic E-state index is 10.3. The third kappa shape index (κ3) is 3.08. The maximum Gasteiger partial charge on any atom is 0.187 e. The summed E-state index contributed by atoms with van der Waals surface area (Å²) in [5.41, 5.74) is 0.854. The van der Waals surface area contributed by atoms with Crippen molar-refractivity contribution in [3.05, 3.63) is 48.6 Å². The van der Waals surface area contributed by atoms with Crippen molar-refractivity contribution < 1.29 is 29.2 Å². The van der Waals surface area contributed by atoms with Crippen LogP contribution in [0.1, 0.15) is 11.9 Å². The van der Waals surface area contributed by atoms with Gasteiger partial charge in [-0.2, -0.15) is 0 Å². The summed E-state index contributed by atoms with van der Waals surface area (Å²) in [5.74, 6) is 0. The van der Waals surface area contributed by atoms with Crippen LogP contribution in [0.4, 0.5) is 0 Å². The molecule has 6 atom stereocenters. The summed E-state index contributed by atoms with van der Waals surface area (Å²) in [6.07, 6.45) is -3.41. The quantitative estimate of drug-likeness (QED) is 0.799. The monoisotopic (exact) mass is 308 g/mol. The lowest BCUT2D eigenvalue weighted by Crippen LogP contribution is -2.62. The molecule has 0 radical (unpaired) electrons. The number of ether oxygens (including phenoxy) is 4. The second kappa shape index (κ2) is 6.87. The van der Waals surface area contributed by atoms with Crippen molar-refractivity contribution in [2.24, 2.45) is 0 Å². The van der Waals surface area contributed by atoms with Crippen molar-refractivity contribution in [2.75, 3.05) is 13.2 Å². The number of aliphatic hydroxyl groups excluding tert-OH is 2. The molecule has 0 unspecified atom stereocenters. The van der Waals surface area contributed by atoms with Gasteiger partial charge in [0.15, 0.2) is 12.6 Å². The molecule has 2 fully saturated rings. The van der Waals surface area contributed by atoms with E-state index in [-0.39, 0.29) is 13.2 Å². The van der Waals surface area contributed by atoms with Gasteiger partial charge in [-0.15, -0.1) is 6.58 Å². The van der Waals surface area contributed by atoms with Crippen LogP contribution in [-0.2, 0) is 18.9 Å². The summed E-state index contributed by atoms with van der Waals surface area (Å²) in [6, 6.07) is 9.44. The van der Waals surface area contributed by atoms with Gasteiger partial charge in [-0.25, -0.2) is 0 Å². The average Bonchev–Trinajstić information content (AvgIpc) is 2.57. The first-order valence-electron chi connectivity index (χ1n) is 7.27. The smallest absolute Gasteiger partial charge is 0.187 e. The van der Waals surface area contributed by atoms with Crippen molar-refractivity contribution in [1.29, 1.82) is 0 Å². The number of hydrogen-bond acceptors (Lipinski definition) is 6. The molecule has 2 aliphatic rings. The highest BCUT2D eigenvalue weighted by atomic mass is 16.8. The van der Waals surface area contributed by atoms with Crippen molar-refractivity contribution in [3.8, 4) is 0 Å². The first kappa shape index (κ1) is 15.6. The van der Waals surface area contributed by atoms with Gasteiger partial charge in [0.25, 0.3) is 0 Å². The average molecular weight is 308 g/mol. The van der Waals surface area contributed by atoms with Crippen molar-refractivity contribution in [3.63, 3.8) is 0 Å². The first-order valence-corrected chi connectivity index (χ1v) is 7.27. The molecule has 1 aromatic carbocycles. The van der Waals surface area contributed by atoms with Crippen LogP contribution in [0.2, 0.25) is 0 Å². The summed E-state index contributed by atoms with van der Waals surface area (Å²) in [6.45, 7) is 4.01. The number of benzene rings is 1. The third-order valence-electron chi connectivity index (χ3n) is 3.78. The molecule has 6 heteroatoms. The zero-order chi connectivity index (χ0) is 15.5. The van der Waals surface area contributed by atoms with Crippen LogP contribution in [0.5, 0.6) is 0 Å². The molecular formula is C16H20O6. The highest BCUT2D eigenvalue weighted by Gasteiger charge is 2.49. The molecule has 120 valence electrons. The second-order valence-corrected chi connectivity index (χ2v) is 5.32. The Kier molecular flexibility index (Phi) is 4.87. The van der Waals surface area contributed by atoms with E-state index >= 15 is 0 Å². The van der Waals surface area contributed by atoms with Gasteiger partial charge in [0, 0.05) is 5.56 Å². The van der Waals surface area contributed by atoms with Gasteiger partial charge in [-0.3, -0.25) is 0 Å². The Morgan fingerprint density at radius 3 is 2.68 bits per heavy atom. The van der Waals surface area contributed by atoms with Crippen LogP contribution in [0, 0.1) is 0 Å². The topological polar surface area (TPSA) is 77.4 Å². The molecule has 0 aliphatic carbocycles. The van der Waals surface area contributed by atoms with Crippen LogP contribution in [0.15, 0.2) is 43.0 Å². The lowest BCUT2D eigenvalue weighted by molar-refractivity contribution is -0.360. The lowest BCUT2D eigenvalue weighted by atomic mass is 9.98. The predicted molar refractivity (Wildman–Crippen MR) is 76.8 cm³/mol. The Morgan fingerprint density at radius 2 is 1.95 bits per heavy atom. The largest absolute Gasteiger partial charge is 0.387 e. The van der Waals surface area contributed by atoms with Gasteiger partial charge < -0.3 is 29.2 Å². The van der Waals surface area contributed by atoms with Gasteiger partial charge in [0.05, 0.1) is 13.2 Å².